The molecule has 1 heterocycles. The van der Waals surface area contributed by atoms with Crippen LogP contribution in [0.1, 0.15) is 16.7 Å². The van der Waals surface area contributed by atoms with Crippen molar-refractivity contribution in [3.8, 4) is 11.5 Å². The van der Waals surface area contributed by atoms with Crippen LogP contribution in [-0.2, 0) is 4.79 Å². The number of aryl methyl sites for hydroxylation is 1. The highest BCUT2D eigenvalue weighted by Gasteiger charge is 2.21. The molecule has 0 aliphatic carbocycles. The standard InChI is InChI=1S/C23H28N2O3/c1-17-6-5-7-20(18(17)2)24-12-14-25(15-13-24)23(26)11-9-19-8-10-21(27-3)22(16-19)28-4/h5-11,16H,12-15H2,1-4H3/b11-9+. The molecule has 0 saturated carbocycles. The van der Waals surface area contributed by atoms with E-state index >= 15 is 0 Å². The average Bonchev–Trinajstić information content (AvgIpc) is 2.73. The Morgan fingerprint density at radius 3 is 2.36 bits per heavy atom. The van der Waals surface area contributed by atoms with Crippen LogP contribution in [0.2, 0.25) is 0 Å². The summed E-state index contributed by atoms with van der Waals surface area (Å²) in [7, 11) is 3.21. The largest absolute Gasteiger partial charge is 0.493 e. The van der Waals surface area contributed by atoms with Gasteiger partial charge >= 0.3 is 0 Å². The Morgan fingerprint density at radius 1 is 0.964 bits per heavy atom. The van der Waals surface area contributed by atoms with Crippen molar-refractivity contribution in [3.05, 3.63) is 59.2 Å². The van der Waals surface area contributed by atoms with E-state index in [1.54, 1.807) is 20.3 Å². The molecule has 148 valence electrons. The number of amides is 1. The monoisotopic (exact) mass is 380 g/mol. The fraction of sp³-hybridized carbons (Fsp3) is 0.348. The van der Waals surface area contributed by atoms with E-state index in [1.807, 2.05) is 29.2 Å². The second-order valence-electron chi connectivity index (χ2n) is 6.98. The minimum absolute atomic E-state index is 0.0374. The van der Waals surface area contributed by atoms with E-state index in [-0.39, 0.29) is 5.91 Å². The highest BCUT2D eigenvalue weighted by molar-refractivity contribution is 5.92. The molecule has 1 aliphatic heterocycles. The Balaban J connectivity index is 1.61. The topological polar surface area (TPSA) is 42.0 Å². The molecular weight excluding hydrogens is 352 g/mol. The molecule has 0 bridgehead atoms. The van der Waals surface area contributed by atoms with Gasteiger partial charge < -0.3 is 19.3 Å². The van der Waals surface area contributed by atoms with Gasteiger partial charge in [0.05, 0.1) is 14.2 Å². The molecule has 0 spiro atoms. The number of anilines is 1. The van der Waals surface area contributed by atoms with Gasteiger partial charge in [-0.25, -0.2) is 0 Å². The molecule has 0 aromatic heterocycles. The first-order chi connectivity index (χ1) is 13.5. The van der Waals surface area contributed by atoms with Crippen molar-refractivity contribution in [3.63, 3.8) is 0 Å². The minimum atomic E-state index is 0.0374. The van der Waals surface area contributed by atoms with Crippen LogP contribution in [0.15, 0.2) is 42.5 Å². The molecule has 2 aromatic rings. The smallest absolute Gasteiger partial charge is 0.246 e. The summed E-state index contributed by atoms with van der Waals surface area (Å²) in [4.78, 5) is 16.8. The van der Waals surface area contributed by atoms with Gasteiger partial charge in [0.25, 0.3) is 0 Å². The zero-order valence-corrected chi connectivity index (χ0v) is 17.1. The van der Waals surface area contributed by atoms with Crippen LogP contribution in [0.4, 0.5) is 5.69 Å². The number of hydrogen-bond donors (Lipinski definition) is 0. The third-order valence-corrected chi connectivity index (χ3v) is 5.33. The van der Waals surface area contributed by atoms with E-state index in [4.69, 9.17) is 9.47 Å². The van der Waals surface area contributed by atoms with Crippen molar-refractivity contribution in [1.29, 1.82) is 0 Å². The van der Waals surface area contributed by atoms with E-state index in [9.17, 15) is 4.79 Å². The third kappa shape index (κ3) is 4.30. The van der Waals surface area contributed by atoms with Crippen LogP contribution in [-0.4, -0.2) is 51.2 Å². The number of benzene rings is 2. The molecule has 3 rings (SSSR count). The van der Waals surface area contributed by atoms with E-state index in [1.165, 1.54) is 16.8 Å². The zero-order chi connectivity index (χ0) is 20.1. The lowest BCUT2D eigenvalue weighted by molar-refractivity contribution is -0.126. The fourth-order valence-electron chi connectivity index (χ4n) is 3.48. The number of piperazine rings is 1. The van der Waals surface area contributed by atoms with Crippen LogP contribution in [0.25, 0.3) is 6.08 Å². The van der Waals surface area contributed by atoms with Crippen LogP contribution < -0.4 is 14.4 Å². The molecule has 0 N–H and O–H groups in total. The number of carbonyl (C=O) groups is 1. The predicted molar refractivity (Wildman–Crippen MR) is 113 cm³/mol. The highest BCUT2D eigenvalue weighted by atomic mass is 16.5. The summed E-state index contributed by atoms with van der Waals surface area (Å²) in [5, 5.41) is 0. The summed E-state index contributed by atoms with van der Waals surface area (Å²) in [6, 6.07) is 12.0. The van der Waals surface area contributed by atoms with Gasteiger partial charge in [-0.15, -0.1) is 0 Å². The molecule has 1 amide bonds. The second-order valence-corrected chi connectivity index (χ2v) is 6.98. The SMILES string of the molecule is COc1ccc(/C=C/C(=O)N2CCN(c3cccc(C)c3C)CC2)cc1OC. The Morgan fingerprint density at radius 2 is 1.68 bits per heavy atom. The molecule has 28 heavy (non-hydrogen) atoms. The fourth-order valence-corrected chi connectivity index (χ4v) is 3.48. The van der Waals surface area contributed by atoms with Gasteiger partial charge in [0.1, 0.15) is 0 Å². The molecule has 0 radical (unpaired) electrons. The summed E-state index contributed by atoms with van der Waals surface area (Å²) < 4.78 is 10.6. The Hall–Kier alpha value is -2.95. The van der Waals surface area contributed by atoms with Crippen molar-refractivity contribution in [1.82, 2.24) is 4.90 Å². The first-order valence-electron chi connectivity index (χ1n) is 9.53. The molecular formula is C23H28N2O3. The van der Waals surface area contributed by atoms with Crippen molar-refractivity contribution in [2.45, 2.75) is 13.8 Å². The van der Waals surface area contributed by atoms with Crippen molar-refractivity contribution in [2.75, 3.05) is 45.3 Å². The zero-order valence-electron chi connectivity index (χ0n) is 17.1. The Labute approximate surface area is 167 Å². The molecule has 0 unspecified atom stereocenters. The molecule has 1 aliphatic rings. The summed E-state index contributed by atoms with van der Waals surface area (Å²) >= 11 is 0. The lowest BCUT2D eigenvalue weighted by Gasteiger charge is -2.36. The first kappa shape index (κ1) is 19.8. The molecule has 5 nitrogen and oxygen atoms in total. The normalized spacial score (nSPS) is 14.4. The van der Waals surface area contributed by atoms with Gasteiger partial charge in [-0.3, -0.25) is 4.79 Å². The van der Waals surface area contributed by atoms with Crippen LogP contribution >= 0.6 is 0 Å². The number of methoxy groups -OCH3 is 2. The van der Waals surface area contributed by atoms with Gasteiger partial charge in [0.2, 0.25) is 5.91 Å². The quantitative estimate of drug-likeness (QED) is 0.742. The molecule has 1 saturated heterocycles. The van der Waals surface area contributed by atoms with E-state index in [0.29, 0.717) is 11.5 Å². The van der Waals surface area contributed by atoms with Crippen molar-refractivity contribution < 1.29 is 14.3 Å². The van der Waals surface area contributed by atoms with Crippen molar-refractivity contribution >= 4 is 17.7 Å². The van der Waals surface area contributed by atoms with Gasteiger partial charge in [-0.2, -0.15) is 0 Å². The van der Waals surface area contributed by atoms with Gasteiger partial charge in [0.15, 0.2) is 11.5 Å². The number of ether oxygens (including phenoxy) is 2. The van der Waals surface area contributed by atoms with E-state index in [2.05, 4.69) is 36.9 Å². The Kier molecular flexibility index (Phi) is 6.24. The maximum atomic E-state index is 12.6. The van der Waals surface area contributed by atoms with E-state index in [0.717, 1.165) is 31.7 Å². The van der Waals surface area contributed by atoms with Crippen molar-refractivity contribution in [2.24, 2.45) is 0 Å². The van der Waals surface area contributed by atoms with Crippen LogP contribution in [0.5, 0.6) is 11.5 Å². The minimum Gasteiger partial charge on any atom is -0.493 e. The molecule has 0 atom stereocenters. The molecule has 1 fully saturated rings. The third-order valence-electron chi connectivity index (χ3n) is 5.33. The lowest BCUT2D eigenvalue weighted by Crippen LogP contribution is -2.48. The second kappa shape index (κ2) is 8.83. The molecule has 2 aromatic carbocycles. The van der Waals surface area contributed by atoms with Gasteiger partial charge in [0, 0.05) is 37.9 Å². The maximum Gasteiger partial charge on any atom is 0.246 e. The Bertz CT molecular complexity index is 868. The number of hydrogen-bond acceptors (Lipinski definition) is 4. The van der Waals surface area contributed by atoms with Crippen LogP contribution in [0, 0.1) is 13.8 Å². The number of rotatable bonds is 5. The summed E-state index contributed by atoms with van der Waals surface area (Å²) in [6.07, 6.45) is 3.45. The van der Waals surface area contributed by atoms with E-state index < -0.39 is 0 Å². The van der Waals surface area contributed by atoms with Gasteiger partial charge in [-0.1, -0.05) is 18.2 Å². The highest BCUT2D eigenvalue weighted by Crippen LogP contribution is 2.28. The van der Waals surface area contributed by atoms with Gasteiger partial charge in [-0.05, 0) is 54.8 Å². The molecule has 5 heteroatoms. The summed E-state index contributed by atoms with van der Waals surface area (Å²) in [5.41, 5.74) is 4.79. The van der Waals surface area contributed by atoms with Crippen LogP contribution in [0.3, 0.4) is 0 Å². The summed E-state index contributed by atoms with van der Waals surface area (Å²) in [5.74, 6) is 1.36. The number of carbonyl (C=O) groups excluding carboxylic acids is 1. The lowest BCUT2D eigenvalue weighted by atomic mass is 10.1. The number of nitrogens with zero attached hydrogens (tertiary/aromatic N) is 2. The first-order valence-corrected chi connectivity index (χ1v) is 9.53. The predicted octanol–water partition coefficient (Wildman–Crippen LogP) is 3.68. The summed E-state index contributed by atoms with van der Waals surface area (Å²) in [6.45, 7) is 7.44. The average molecular weight is 380 g/mol. The maximum absolute atomic E-state index is 12.6.